The van der Waals surface area contributed by atoms with E-state index < -0.39 is 11.2 Å². The van der Waals surface area contributed by atoms with Gasteiger partial charge in [0.25, 0.3) is 11.4 Å². The van der Waals surface area contributed by atoms with Crippen LogP contribution < -0.4 is 9.47 Å². The van der Waals surface area contributed by atoms with Gasteiger partial charge in [0.05, 0.1) is 49.3 Å². The Morgan fingerprint density at radius 1 is 0.667 bits per heavy atom. The van der Waals surface area contributed by atoms with Gasteiger partial charge in [-0.1, -0.05) is 25.0 Å². The van der Waals surface area contributed by atoms with Crippen molar-refractivity contribution >= 4 is 68.6 Å². The van der Waals surface area contributed by atoms with Gasteiger partial charge in [0, 0.05) is 32.7 Å². The second kappa shape index (κ2) is 15.1. The lowest BCUT2D eigenvalue weighted by atomic mass is 9.73. The van der Waals surface area contributed by atoms with Crippen LogP contribution in [0, 0.1) is 47.6 Å². The van der Waals surface area contributed by atoms with E-state index in [4.69, 9.17) is 42.1 Å². The molecule has 0 saturated heterocycles. The molecule has 2 unspecified atom stereocenters. The molecule has 0 amide bonds. The number of fused-ring (bicyclic) bond motifs is 9. The van der Waals surface area contributed by atoms with Crippen LogP contribution in [-0.4, -0.2) is 24.2 Å². The summed E-state index contributed by atoms with van der Waals surface area (Å²) in [7, 11) is 3.28. The summed E-state index contributed by atoms with van der Waals surface area (Å²) in [5.74, 6) is 3.21. The van der Waals surface area contributed by atoms with Crippen molar-refractivity contribution in [1.82, 2.24) is 9.97 Å². The van der Waals surface area contributed by atoms with Crippen molar-refractivity contribution in [2.24, 2.45) is 11.8 Å². The molecule has 2 spiro atoms. The molecule has 2 atom stereocenters. The summed E-state index contributed by atoms with van der Waals surface area (Å²) in [6.07, 6.45) is 22.6. The molecule has 2 aliphatic heterocycles. The maximum Gasteiger partial charge on any atom is 0.263 e. The first-order valence-electron chi connectivity index (χ1n) is 20.0. The Kier molecular flexibility index (Phi) is 9.66. The van der Waals surface area contributed by atoms with Gasteiger partial charge in [-0.25, -0.2) is 30.2 Å². The first-order valence-corrected chi connectivity index (χ1v) is 23.2. The summed E-state index contributed by atoms with van der Waals surface area (Å²) in [4.78, 5) is 23.0. The highest BCUT2D eigenvalue weighted by Gasteiger charge is 2.50. The molecule has 0 aromatic carbocycles. The maximum absolute atomic E-state index is 9.42. The zero-order valence-electron chi connectivity index (χ0n) is 32.8. The van der Waals surface area contributed by atoms with Gasteiger partial charge in [0.15, 0.2) is 11.2 Å². The van der Waals surface area contributed by atoms with Gasteiger partial charge in [-0.2, -0.15) is 0 Å². The van der Waals surface area contributed by atoms with Crippen molar-refractivity contribution in [3.8, 4) is 43.4 Å². The summed E-state index contributed by atoms with van der Waals surface area (Å²) in [6, 6.07) is 7.68. The van der Waals surface area contributed by atoms with E-state index in [9.17, 15) is 10.5 Å². The third-order valence-electron chi connectivity index (χ3n) is 12.2. The predicted octanol–water partition coefficient (Wildman–Crippen LogP) is 12.5. The fourth-order valence-electron chi connectivity index (χ4n) is 9.41. The van der Waals surface area contributed by atoms with E-state index in [1.54, 1.807) is 49.0 Å². The van der Waals surface area contributed by atoms with Crippen LogP contribution in [0.3, 0.4) is 0 Å². The molecule has 10 nitrogen and oxygen atoms in total. The highest BCUT2D eigenvalue weighted by atomic mass is 32.1. The van der Waals surface area contributed by atoms with Crippen molar-refractivity contribution in [1.29, 1.82) is 10.5 Å². The second-order valence-electron chi connectivity index (χ2n) is 15.7. The van der Waals surface area contributed by atoms with Crippen LogP contribution in [-0.2, 0) is 20.7 Å². The van der Waals surface area contributed by atoms with E-state index in [0.717, 1.165) is 138 Å². The Hall–Kier alpha value is -5.74. The van der Waals surface area contributed by atoms with E-state index in [0.29, 0.717) is 11.5 Å². The summed E-state index contributed by atoms with van der Waals surface area (Å²) in [5.41, 5.74) is 3.11. The molecule has 4 aliphatic carbocycles. The Labute approximate surface area is 364 Å². The zero-order chi connectivity index (χ0) is 41.2. The van der Waals surface area contributed by atoms with Crippen molar-refractivity contribution < 1.29 is 18.9 Å². The van der Waals surface area contributed by atoms with E-state index >= 15 is 0 Å². The SMILES string of the molecule is [C-]#[N+]/C(C#N)=C\c1cc(OC)c(-c2nc3c(s2)C2=CC4C=C5OC6(CCCCC6)c6nc(-c7sc(/C=C(\C#N)[N+]#[C-])cc7OC)sc6C5=CC4C=C2OC32CCCCC2)s1. The van der Waals surface area contributed by atoms with Crippen LogP contribution in [0.1, 0.15) is 95.1 Å². The minimum atomic E-state index is -0.524. The molecule has 4 aromatic rings. The Morgan fingerprint density at radius 3 is 1.45 bits per heavy atom. The first-order chi connectivity index (χ1) is 29.3. The minimum absolute atomic E-state index is 0.0244. The monoisotopic (exact) mass is 864 g/mol. The Balaban J connectivity index is 1.07. The van der Waals surface area contributed by atoms with Gasteiger partial charge < -0.3 is 18.9 Å². The minimum Gasteiger partial charge on any atom is -0.495 e. The number of allylic oxidation sites excluding steroid dienone is 8. The van der Waals surface area contributed by atoms with Crippen LogP contribution in [0.5, 0.6) is 11.5 Å². The van der Waals surface area contributed by atoms with Gasteiger partial charge in [-0.15, -0.1) is 45.3 Å². The van der Waals surface area contributed by atoms with Crippen molar-refractivity contribution in [2.75, 3.05) is 14.2 Å². The van der Waals surface area contributed by atoms with Gasteiger partial charge in [-0.05, 0) is 87.8 Å². The fourth-order valence-corrected chi connectivity index (χ4v) is 14.1. The van der Waals surface area contributed by atoms with Crippen LogP contribution in [0.4, 0.5) is 0 Å². The molecule has 0 N–H and O–H groups in total. The maximum atomic E-state index is 9.42. The number of nitriles is 2. The first kappa shape index (κ1) is 38.5. The van der Waals surface area contributed by atoms with Gasteiger partial charge in [0.2, 0.25) is 0 Å². The number of ether oxygens (including phenoxy) is 4. The summed E-state index contributed by atoms with van der Waals surface area (Å²) in [6.45, 7) is 14.7. The number of hydrogen-bond acceptors (Lipinski definition) is 12. The molecular weight excluding hydrogens is 829 g/mol. The number of thiazole rings is 2. The van der Waals surface area contributed by atoms with Crippen molar-refractivity contribution in [3.63, 3.8) is 0 Å². The smallest absolute Gasteiger partial charge is 0.263 e. The Bertz CT molecular complexity index is 2610. The summed E-state index contributed by atoms with van der Waals surface area (Å²) >= 11 is 6.28. The number of methoxy groups -OCH3 is 2. The van der Waals surface area contributed by atoms with E-state index in [2.05, 4.69) is 34.0 Å². The molecule has 0 radical (unpaired) electrons. The molecule has 4 aromatic heterocycles. The van der Waals surface area contributed by atoms with E-state index in [1.807, 2.05) is 24.3 Å². The van der Waals surface area contributed by atoms with Crippen LogP contribution in [0.15, 0.2) is 59.3 Å². The number of rotatable bonds is 6. The molecule has 10 rings (SSSR count). The van der Waals surface area contributed by atoms with Gasteiger partial charge >= 0.3 is 0 Å². The summed E-state index contributed by atoms with van der Waals surface area (Å²) < 4.78 is 26.1. The van der Waals surface area contributed by atoms with Crippen molar-refractivity contribution in [2.45, 2.75) is 75.4 Å². The average molecular weight is 865 g/mol. The normalized spacial score (nSPS) is 21.9. The molecule has 298 valence electrons. The van der Waals surface area contributed by atoms with Gasteiger partial charge in [-0.3, -0.25) is 0 Å². The molecule has 60 heavy (non-hydrogen) atoms. The average Bonchev–Trinajstić information content (AvgIpc) is 4.10. The molecular formula is C46H36N6O4S4. The largest absolute Gasteiger partial charge is 0.495 e. The summed E-state index contributed by atoms with van der Waals surface area (Å²) in [5, 5.41) is 20.5. The number of aromatic nitrogens is 2. The van der Waals surface area contributed by atoms with E-state index in [-0.39, 0.29) is 23.2 Å². The van der Waals surface area contributed by atoms with Crippen LogP contribution in [0.25, 0.3) is 52.8 Å². The number of thiophene rings is 2. The lowest BCUT2D eigenvalue weighted by Gasteiger charge is -2.45. The number of nitrogens with zero attached hydrogens (tertiary/aromatic N) is 6. The zero-order valence-corrected chi connectivity index (χ0v) is 36.1. The molecule has 2 fully saturated rings. The van der Waals surface area contributed by atoms with Gasteiger partial charge in [0.1, 0.15) is 54.2 Å². The van der Waals surface area contributed by atoms with Crippen molar-refractivity contribution in [3.05, 3.63) is 113 Å². The highest BCUT2D eigenvalue weighted by Crippen LogP contribution is 2.59. The molecule has 6 heterocycles. The highest BCUT2D eigenvalue weighted by molar-refractivity contribution is 7.23. The molecule has 6 aliphatic rings. The second-order valence-corrected chi connectivity index (χ2v) is 19.8. The third kappa shape index (κ3) is 6.25. The fraction of sp³-hybridized carbons (Fsp3) is 0.348. The quantitative estimate of drug-likeness (QED) is 0.139. The molecule has 2 saturated carbocycles. The lowest BCUT2D eigenvalue weighted by Crippen LogP contribution is -2.38. The molecule has 14 heteroatoms. The Morgan fingerprint density at radius 2 is 1.08 bits per heavy atom. The van der Waals surface area contributed by atoms with Crippen LogP contribution >= 0.6 is 45.3 Å². The predicted molar refractivity (Wildman–Crippen MR) is 235 cm³/mol. The topological polar surface area (TPSA) is 119 Å². The lowest BCUT2D eigenvalue weighted by molar-refractivity contribution is -0.0373. The van der Waals surface area contributed by atoms with Crippen LogP contribution in [0.2, 0.25) is 0 Å². The third-order valence-corrected chi connectivity index (χ3v) is 16.8. The number of hydrogen-bond donors (Lipinski definition) is 0. The molecule has 0 bridgehead atoms. The van der Waals surface area contributed by atoms with E-state index in [1.165, 1.54) is 22.7 Å². The standard InChI is InChI=1S/C46H36N6O4S4/c1-49-27(23-47)19-29-21-35(53-3)39(57-29)43-51-41-37(59-43)31-15-25-18-34-32(16-26(25)17-33(31)55-45(41)11-7-5-8-12-45)38-42(46(56-34)13-9-6-10-14-46)52-44(60-38)40-36(54-4)22-30(58-40)20-28(24-48)50-2/h15-22,25-26H,5-14H2,3-4H3/b27-19-,28-20+.